The van der Waals surface area contributed by atoms with E-state index >= 15 is 0 Å². The van der Waals surface area contributed by atoms with Gasteiger partial charge in [-0.15, -0.1) is 0 Å². The second-order valence-corrected chi connectivity index (χ2v) is 6.99. The van der Waals surface area contributed by atoms with E-state index < -0.39 is 0 Å². The van der Waals surface area contributed by atoms with E-state index in [9.17, 15) is 18.8 Å². The van der Waals surface area contributed by atoms with Crippen molar-refractivity contribution in [2.75, 3.05) is 31.1 Å². The van der Waals surface area contributed by atoms with E-state index in [1.54, 1.807) is 29.2 Å². The third-order valence-corrected chi connectivity index (χ3v) is 4.97. The second kappa shape index (κ2) is 8.79. The first kappa shape index (κ1) is 20.3. The summed E-state index contributed by atoms with van der Waals surface area (Å²) < 4.78 is 31.9. The molecule has 6 nitrogen and oxygen atoms in total. The minimum absolute atomic E-state index is 0.164. The molecule has 0 bridgehead atoms. The Hall–Kier alpha value is -3.99. The van der Waals surface area contributed by atoms with Crippen molar-refractivity contribution in [2.45, 2.75) is 0 Å². The highest BCUT2D eigenvalue weighted by Gasteiger charge is 2.26. The number of anilines is 1. The van der Waals surface area contributed by atoms with Crippen LogP contribution < -0.4 is 4.90 Å². The number of hydrogen-bond donors (Lipinski definition) is 0. The Kier molecular flexibility index (Phi) is 5.76. The maximum atomic E-state index is 13.1. The van der Waals surface area contributed by atoms with Gasteiger partial charge in [0.15, 0.2) is 0 Å². The van der Waals surface area contributed by atoms with Crippen LogP contribution in [0.15, 0.2) is 52.9 Å². The monoisotopic (exact) mass is 420 g/mol. The van der Waals surface area contributed by atoms with Crippen LogP contribution in [0.25, 0.3) is 12.2 Å². The smallest absolute Gasteiger partial charge is 0.253 e. The second-order valence-electron chi connectivity index (χ2n) is 6.99. The first-order valence-electron chi connectivity index (χ1n) is 9.68. The lowest BCUT2D eigenvalue weighted by Gasteiger charge is -2.34. The molecule has 156 valence electrons. The van der Waals surface area contributed by atoms with Crippen molar-refractivity contribution in [2.24, 2.45) is 0 Å². The minimum atomic E-state index is -0.389. The summed E-state index contributed by atoms with van der Waals surface area (Å²) in [5, 5.41) is 9.43. The quantitative estimate of drug-likeness (QED) is 0.639. The predicted molar refractivity (Wildman–Crippen MR) is 111 cm³/mol. The number of oxazole rings is 1. The SMILES string of the molecule is N#Cc1nc(/C=C/c2ccc(F)cc2)oc1N1CCN(C(=O)c2ccc(F)cc2)CC1. The van der Waals surface area contributed by atoms with Crippen LogP contribution in [0.1, 0.15) is 27.5 Å². The third-order valence-electron chi connectivity index (χ3n) is 4.97. The Morgan fingerprint density at radius 2 is 1.58 bits per heavy atom. The predicted octanol–water partition coefficient (Wildman–Crippen LogP) is 3.96. The number of carbonyl (C=O) groups is 1. The van der Waals surface area contributed by atoms with Crippen LogP contribution in [0.2, 0.25) is 0 Å². The minimum Gasteiger partial charge on any atom is -0.420 e. The van der Waals surface area contributed by atoms with Gasteiger partial charge in [-0.25, -0.2) is 8.78 Å². The molecule has 0 saturated carbocycles. The molecule has 0 aliphatic carbocycles. The van der Waals surface area contributed by atoms with Crippen LogP contribution in [0.5, 0.6) is 0 Å². The van der Waals surface area contributed by atoms with Crippen LogP contribution in [0.3, 0.4) is 0 Å². The molecule has 0 atom stereocenters. The molecule has 3 aromatic rings. The molecular formula is C23H18F2N4O2. The first-order valence-corrected chi connectivity index (χ1v) is 9.68. The highest BCUT2D eigenvalue weighted by atomic mass is 19.1. The summed E-state index contributed by atoms with van der Waals surface area (Å²) in [4.78, 5) is 20.3. The summed E-state index contributed by atoms with van der Waals surface area (Å²) in [6.07, 6.45) is 3.33. The van der Waals surface area contributed by atoms with Crippen LogP contribution >= 0.6 is 0 Å². The summed E-state index contributed by atoms with van der Waals surface area (Å²) in [5.41, 5.74) is 1.37. The number of benzene rings is 2. The van der Waals surface area contributed by atoms with Gasteiger partial charge in [0.2, 0.25) is 17.5 Å². The van der Waals surface area contributed by atoms with E-state index in [0.29, 0.717) is 37.6 Å². The van der Waals surface area contributed by atoms with E-state index in [1.807, 2.05) is 11.0 Å². The van der Waals surface area contributed by atoms with E-state index in [-0.39, 0.29) is 29.1 Å². The molecule has 31 heavy (non-hydrogen) atoms. The molecule has 1 aliphatic heterocycles. The molecule has 1 amide bonds. The zero-order chi connectivity index (χ0) is 21.8. The molecule has 1 fully saturated rings. The standard InChI is InChI=1S/C23H18F2N4O2/c24-18-6-1-16(2-7-18)3-10-21-27-20(15-26)23(31-21)29-13-11-28(12-14-29)22(30)17-4-8-19(25)9-5-17/h1-10H,11-14H2/b10-3+. The summed E-state index contributed by atoms with van der Waals surface area (Å²) in [7, 11) is 0. The number of amides is 1. The molecule has 0 unspecified atom stereocenters. The van der Waals surface area contributed by atoms with Gasteiger partial charge in [-0.2, -0.15) is 10.2 Å². The molecule has 2 aromatic carbocycles. The fourth-order valence-electron chi connectivity index (χ4n) is 3.32. The number of hydrogen-bond acceptors (Lipinski definition) is 5. The van der Waals surface area contributed by atoms with Gasteiger partial charge < -0.3 is 14.2 Å². The molecule has 2 heterocycles. The lowest BCUT2D eigenvalue weighted by Crippen LogP contribution is -2.48. The summed E-state index contributed by atoms with van der Waals surface area (Å²) in [6.45, 7) is 1.81. The molecule has 0 radical (unpaired) electrons. The maximum absolute atomic E-state index is 13.1. The largest absolute Gasteiger partial charge is 0.420 e. The number of nitrogens with zero attached hydrogens (tertiary/aromatic N) is 4. The van der Waals surface area contributed by atoms with Gasteiger partial charge >= 0.3 is 0 Å². The van der Waals surface area contributed by atoms with Gasteiger partial charge in [-0.05, 0) is 48.0 Å². The summed E-state index contributed by atoms with van der Waals surface area (Å²) in [5.74, 6) is -0.254. The Balaban J connectivity index is 1.43. The fraction of sp³-hybridized carbons (Fsp3) is 0.174. The molecule has 1 saturated heterocycles. The van der Waals surface area contributed by atoms with Crippen LogP contribution in [0, 0.1) is 23.0 Å². The summed E-state index contributed by atoms with van der Waals surface area (Å²) >= 11 is 0. The van der Waals surface area contributed by atoms with Crippen molar-refractivity contribution >= 4 is 23.9 Å². The third kappa shape index (κ3) is 4.61. The zero-order valence-electron chi connectivity index (χ0n) is 16.5. The maximum Gasteiger partial charge on any atom is 0.253 e. The molecule has 0 spiro atoms. The molecule has 1 aromatic heterocycles. The van der Waals surface area contributed by atoms with Crippen LogP contribution in [-0.2, 0) is 0 Å². The van der Waals surface area contributed by atoms with E-state index in [1.165, 1.54) is 36.4 Å². The van der Waals surface area contributed by atoms with Gasteiger partial charge in [0, 0.05) is 37.8 Å². The van der Waals surface area contributed by atoms with Gasteiger partial charge in [0.25, 0.3) is 5.91 Å². The molecule has 4 rings (SSSR count). The normalized spacial score (nSPS) is 14.1. The molecule has 1 aliphatic rings. The van der Waals surface area contributed by atoms with Gasteiger partial charge in [-0.1, -0.05) is 12.1 Å². The van der Waals surface area contributed by atoms with Crippen molar-refractivity contribution in [3.8, 4) is 6.07 Å². The highest BCUT2D eigenvalue weighted by molar-refractivity contribution is 5.94. The van der Waals surface area contributed by atoms with Crippen molar-refractivity contribution in [1.82, 2.24) is 9.88 Å². The Bertz CT molecular complexity index is 1140. The fourth-order valence-corrected chi connectivity index (χ4v) is 3.32. The Morgan fingerprint density at radius 1 is 0.968 bits per heavy atom. The summed E-state index contributed by atoms with van der Waals surface area (Å²) in [6, 6.07) is 13.5. The van der Waals surface area contributed by atoms with Crippen LogP contribution in [-0.4, -0.2) is 42.0 Å². The lowest BCUT2D eigenvalue weighted by molar-refractivity contribution is 0.0745. The van der Waals surface area contributed by atoms with E-state index in [2.05, 4.69) is 4.98 Å². The number of carbonyl (C=O) groups excluding carboxylic acids is 1. The van der Waals surface area contributed by atoms with Crippen molar-refractivity contribution in [3.63, 3.8) is 0 Å². The highest BCUT2D eigenvalue weighted by Crippen LogP contribution is 2.24. The lowest BCUT2D eigenvalue weighted by atomic mass is 10.2. The van der Waals surface area contributed by atoms with E-state index in [4.69, 9.17) is 4.42 Å². The van der Waals surface area contributed by atoms with Gasteiger partial charge in [0.05, 0.1) is 0 Å². The average Bonchev–Trinajstić information content (AvgIpc) is 3.22. The van der Waals surface area contributed by atoms with Crippen LogP contribution in [0.4, 0.5) is 14.7 Å². The number of rotatable bonds is 4. The first-order chi connectivity index (χ1) is 15.0. The number of aromatic nitrogens is 1. The average molecular weight is 420 g/mol. The number of piperazine rings is 1. The van der Waals surface area contributed by atoms with Crippen molar-refractivity contribution in [1.29, 1.82) is 5.26 Å². The van der Waals surface area contributed by atoms with Crippen molar-refractivity contribution < 1.29 is 18.0 Å². The van der Waals surface area contributed by atoms with Gasteiger partial charge in [-0.3, -0.25) is 4.79 Å². The number of halogens is 2. The molecular weight excluding hydrogens is 402 g/mol. The molecule has 0 N–H and O–H groups in total. The van der Waals surface area contributed by atoms with E-state index in [0.717, 1.165) is 5.56 Å². The Labute approximate surface area is 177 Å². The molecule has 8 heteroatoms. The topological polar surface area (TPSA) is 73.4 Å². The van der Waals surface area contributed by atoms with Crippen molar-refractivity contribution in [3.05, 3.63) is 82.9 Å². The number of nitriles is 1. The van der Waals surface area contributed by atoms with Gasteiger partial charge in [0.1, 0.15) is 17.7 Å². The zero-order valence-corrected chi connectivity index (χ0v) is 16.5. The Morgan fingerprint density at radius 3 is 2.19 bits per heavy atom.